The van der Waals surface area contributed by atoms with Gasteiger partial charge in [-0.25, -0.2) is 4.98 Å². The van der Waals surface area contributed by atoms with Crippen molar-refractivity contribution in [3.8, 4) is 0 Å². The molecule has 0 atom stereocenters. The zero-order chi connectivity index (χ0) is 21.8. The van der Waals surface area contributed by atoms with E-state index in [0.29, 0.717) is 40.1 Å². The number of nitrogens with one attached hydrogen (secondary N) is 1. The second-order valence-corrected chi connectivity index (χ2v) is 8.42. The van der Waals surface area contributed by atoms with E-state index in [1.807, 2.05) is 42.5 Å². The minimum Gasteiger partial charge on any atom is -0.352 e. The van der Waals surface area contributed by atoms with E-state index in [9.17, 15) is 4.79 Å². The van der Waals surface area contributed by atoms with Crippen LogP contribution in [0.15, 0.2) is 66.7 Å². The van der Waals surface area contributed by atoms with Crippen LogP contribution in [0.4, 0.5) is 0 Å². The van der Waals surface area contributed by atoms with Gasteiger partial charge in [-0.2, -0.15) is 0 Å². The Hall–Kier alpha value is -2.53. The average molecular weight is 473 g/mol. The molecule has 1 amide bonds. The molecule has 0 saturated heterocycles. The molecule has 4 aromatic rings. The highest BCUT2D eigenvalue weighted by molar-refractivity contribution is 6.36. The number of amides is 1. The summed E-state index contributed by atoms with van der Waals surface area (Å²) in [4.78, 5) is 17.1. The second-order valence-electron chi connectivity index (χ2n) is 7.17. The van der Waals surface area contributed by atoms with Crippen molar-refractivity contribution < 1.29 is 4.79 Å². The van der Waals surface area contributed by atoms with Gasteiger partial charge in [0.2, 0.25) is 0 Å². The second kappa shape index (κ2) is 9.73. The number of rotatable bonds is 7. The van der Waals surface area contributed by atoms with E-state index in [1.54, 1.807) is 24.3 Å². The van der Waals surface area contributed by atoms with E-state index in [1.165, 1.54) is 0 Å². The first-order valence-corrected chi connectivity index (χ1v) is 11.1. The Bertz CT molecular complexity index is 1200. The number of benzene rings is 3. The van der Waals surface area contributed by atoms with Crippen molar-refractivity contribution in [1.29, 1.82) is 0 Å². The maximum atomic E-state index is 12.3. The molecule has 4 rings (SSSR count). The summed E-state index contributed by atoms with van der Waals surface area (Å²) in [6, 6.07) is 20.4. The van der Waals surface area contributed by atoms with Gasteiger partial charge in [-0.3, -0.25) is 4.79 Å². The Labute approximate surface area is 195 Å². The third-order valence-electron chi connectivity index (χ3n) is 5.08. The lowest BCUT2D eigenvalue weighted by Crippen LogP contribution is -2.25. The van der Waals surface area contributed by atoms with Gasteiger partial charge in [0.1, 0.15) is 5.82 Å². The van der Waals surface area contributed by atoms with Crippen LogP contribution in [-0.2, 0) is 13.0 Å². The largest absolute Gasteiger partial charge is 0.352 e. The molecule has 1 heterocycles. The first kappa shape index (κ1) is 21.7. The fourth-order valence-corrected chi connectivity index (χ4v) is 4.13. The highest BCUT2D eigenvalue weighted by Crippen LogP contribution is 2.27. The van der Waals surface area contributed by atoms with E-state index in [-0.39, 0.29) is 5.91 Å². The van der Waals surface area contributed by atoms with E-state index < -0.39 is 0 Å². The average Bonchev–Trinajstić information content (AvgIpc) is 3.11. The van der Waals surface area contributed by atoms with Crippen molar-refractivity contribution in [3.05, 3.63) is 98.7 Å². The first-order valence-electron chi connectivity index (χ1n) is 9.94. The fraction of sp³-hybridized carbons (Fsp3) is 0.167. The standard InChI is InChI=1S/C24H20Cl3N3O/c25-17-12-10-16(11-13-17)24(31)28-14-4-9-23-29-21-7-1-2-8-22(21)30(23)15-18-19(26)5-3-6-20(18)27/h1-3,5-8,10-13H,4,9,14-15H2,(H,28,31). The summed E-state index contributed by atoms with van der Waals surface area (Å²) in [6.45, 7) is 1.07. The molecule has 0 spiro atoms. The summed E-state index contributed by atoms with van der Waals surface area (Å²) in [7, 11) is 0. The molecule has 0 saturated carbocycles. The minimum absolute atomic E-state index is 0.118. The lowest BCUT2D eigenvalue weighted by molar-refractivity contribution is 0.0953. The highest BCUT2D eigenvalue weighted by atomic mass is 35.5. The SMILES string of the molecule is O=C(NCCCc1nc2ccccc2n1Cc1c(Cl)cccc1Cl)c1ccc(Cl)cc1. The molecule has 1 N–H and O–H groups in total. The molecular formula is C24H20Cl3N3O. The Morgan fingerprint density at radius 1 is 0.903 bits per heavy atom. The number of hydrogen-bond acceptors (Lipinski definition) is 2. The third-order valence-corrected chi connectivity index (χ3v) is 6.04. The summed E-state index contributed by atoms with van der Waals surface area (Å²) >= 11 is 18.7. The third kappa shape index (κ3) is 5.04. The number of para-hydroxylation sites is 2. The predicted octanol–water partition coefficient (Wildman–Crippen LogP) is 6.41. The molecule has 0 unspecified atom stereocenters. The van der Waals surface area contributed by atoms with Gasteiger partial charge in [0.15, 0.2) is 0 Å². The van der Waals surface area contributed by atoms with E-state index in [4.69, 9.17) is 39.8 Å². The van der Waals surface area contributed by atoms with Crippen molar-refractivity contribution in [1.82, 2.24) is 14.9 Å². The molecule has 1 aromatic heterocycles. The lowest BCUT2D eigenvalue weighted by Gasteiger charge is -2.12. The van der Waals surface area contributed by atoms with Gasteiger partial charge in [0.25, 0.3) is 5.91 Å². The number of imidazole rings is 1. The topological polar surface area (TPSA) is 46.9 Å². The quantitative estimate of drug-likeness (QED) is 0.316. The Balaban J connectivity index is 1.48. The van der Waals surface area contributed by atoms with Gasteiger partial charge >= 0.3 is 0 Å². The number of aromatic nitrogens is 2. The van der Waals surface area contributed by atoms with E-state index in [0.717, 1.165) is 28.8 Å². The molecule has 0 aliphatic carbocycles. The highest BCUT2D eigenvalue weighted by Gasteiger charge is 2.14. The summed E-state index contributed by atoms with van der Waals surface area (Å²) in [5, 5.41) is 4.82. The van der Waals surface area contributed by atoms with Gasteiger partial charge in [0.05, 0.1) is 17.6 Å². The van der Waals surface area contributed by atoms with Crippen LogP contribution < -0.4 is 5.32 Å². The van der Waals surface area contributed by atoms with Gasteiger partial charge in [-0.1, -0.05) is 53.0 Å². The number of aryl methyl sites for hydroxylation is 1. The Morgan fingerprint density at radius 2 is 1.61 bits per heavy atom. The molecule has 0 fully saturated rings. The van der Waals surface area contributed by atoms with Gasteiger partial charge in [0, 0.05) is 39.2 Å². The van der Waals surface area contributed by atoms with E-state index in [2.05, 4.69) is 9.88 Å². The zero-order valence-electron chi connectivity index (χ0n) is 16.6. The minimum atomic E-state index is -0.118. The lowest BCUT2D eigenvalue weighted by atomic mass is 10.2. The molecular weight excluding hydrogens is 453 g/mol. The first-order chi connectivity index (χ1) is 15.0. The Kier molecular flexibility index (Phi) is 6.81. The maximum Gasteiger partial charge on any atom is 0.251 e. The number of carbonyl (C=O) groups excluding carboxylic acids is 1. The van der Waals surface area contributed by atoms with Crippen molar-refractivity contribution in [2.75, 3.05) is 6.54 Å². The number of hydrogen-bond donors (Lipinski definition) is 1. The van der Waals surface area contributed by atoms with E-state index >= 15 is 0 Å². The smallest absolute Gasteiger partial charge is 0.251 e. The van der Waals surface area contributed by atoms with Gasteiger partial charge < -0.3 is 9.88 Å². The van der Waals surface area contributed by atoms with Crippen LogP contribution in [0.1, 0.15) is 28.2 Å². The number of halogens is 3. The van der Waals surface area contributed by atoms with Crippen LogP contribution in [0, 0.1) is 0 Å². The summed E-state index contributed by atoms with van der Waals surface area (Å²) < 4.78 is 2.14. The summed E-state index contributed by atoms with van der Waals surface area (Å²) in [5.41, 5.74) is 3.40. The van der Waals surface area contributed by atoms with Crippen LogP contribution in [-0.4, -0.2) is 22.0 Å². The number of carbonyl (C=O) groups is 1. The molecule has 0 bridgehead atoms. The van der Waals surface area contributed by atoms with Crippen molar-refractivity contribution >= 4 is 51.7 Å². The van der Waals surface area contributed by atoms with Gasteiger partial charge in [-0.15, -0.1) is 0 Å². The maximum absolute atomic E-state index is 12.3. The predicted molar refractivity (Wildman–Crippen MR) is 127 cm³/mol. The fourth-order valence-electron chi connectivity index (χ4n) is 3.49. The molecule has 3 aromatic carbocycles. The molecule has 7 heteroatoms. The van der Waals surface area contributed by atoms with Gasteiger partial charge in [-0.05, 0) is 55.0 Å². The zero-order valence-corrected chi connectivity index (χ0v) is 18.9. The van der Waals surface area contributed by atoms with Crippen LogP contribution in [0.2, 0.25) is 15.1 Å². The number of nitrogens with zero attached hydrogens (tertiary/aromatic N) is 2. The van der Waals surface area contributed by atoms with Crippen molar-refractivity contribution in [2.45, 2.75) is 19.4 Å². The van der Waals surface area contributed by atoms with Crippen LogP contribution in [0.5, 0.6) is 0 Å². The molecule has 31 heavy (non-hydrogen) atoms. The monoisotopic (exact) mass is 471 g/mol. The summed E-state index contributed by atoms with van der Waals surface area (Å²) in [6.07, 6.45) is 1.45. The molecule has 0 aliphatic heterocycles. The molecule has 0 radical (unpaired) electrons. The summed E-state index contributed by atoms with van der Waals surface area (Å²) in [5.74, 6) is 0.811. The van der Waals surface area contributed by atoms with Crippen molar-refractivity contribution in [3.63, 3.8) is 0 Å². The Morgan fingerprint density at radius 3 is 2.35 bits per heavy atom. The van der Waals surface area contributed by atoms with Crippen LogP contribution in [0.3, 0.4) is 0 Å². The normalized spacial score (nSPS) is 11.1. The molecule has 0 aliphatic rings. The molecule has 158 valence electrons. The van der Waals surface area contributed by atoms with Crippen LogP contribution >= 0.6 is 34.8 Å². The number of fused-ring (bicyclic) bond motifs is 1. The molecule has 4 nitrogen and oxygen atoms in total. The van der Waals surface area contributed by atoms with Crippen LogP contribution in [0.25, 0.3) is 11.0 Å². The van der Waals surface area contributed by atoms with Crippen molar-refractivity contribution in [2.24, 2.45) is 0 Å².